The molecule has 5 heteroatoms. The second kappa shape index (κ2) is 6.89. The number of hydrogen-bond donors (Lipinski definition) is 3. The minimum atomic E-state index is -0.654. The van der Waals surface area contributed by atoms with E-state index in [0.717, 1.165) is 23.1 Å². The minimum absolute atomic E-state index is 0.299. The summed E-state index contributed by atoms with van der Waals surface area (Å²) in [5.41, 5.74) is 2.25. The molecule has 0 saturated carbocycles. The van der Waals surface area contributed by atoms with E-state index in [9.17, 15) is 10.2 Å². The van der Waals surface area contributed by atoms with Crippen LogP contribution in [-0.2, 0) is 0 Å². The van der Waals surface area contributed by atoms with Gasteiger partial charge in [-0.2, -0.15) is 0 Å². The van der Waals surface area contributed by atoms with Gasteiger partial charge in [0.05, 0.1) is 12.2 Å². The molecular formula is C15H23BrN2O2. The van der Waals surface area contributed by atoms with Gasteiger partial charge in [0.1, 0.15) is 0 Å². The normalized spacial score (nSPS) is 24.1. The first-order valence-corrected chi connectivity index (χ1v) is 7.96. The Morgan fingerprint density at radius 2 is 2.00 bits per heavy atom. The van der Waals surface area contributed by atoms with Crippen molar-refractivity contribution in [1.29, 1.82) is 0 Å². The Morgan fingerprint density at radius 3 is 2.55 bits per heavy atom. The molecule has 1 aromatic rings. The molecule has 0 spiro atoms. The van der Waals surface area contributed by atoms with Crippen LogP contribution in [0, 0.1) is 0 Å². The van der Waals surface area contributed by atoms with Gasteiger partial charge in [0, 0.05) is 29.3 Å². The fraction of sp³-hybridized carbons (Fsp3) is 0.600. The molecule has 0 bridgehead atoms. The molecule has 1 aromatic carbocycles. The Bertz CT molecular complexity index is 445. The van der Waals surface area contributed by atoms with E-state index < -0.39 is 12.2 Å². The standard InChI is InChI=1S/C15H23BrN2O2/c1-3-6-17-10(2)12-5-4-11(7-13(12)16)18-8-14(19)15(20)9-18/h4-5,7,10,14-15,17,19-20H,3,6,8-9H2,1-2H3. The van der Waals surface area contributed by atoms with Gasteiger partial charge in [0.2, 0.25) is 0 Å². The average Bonchev–Trinajstić information content (AvgIpc) is 2.76. The molecule has 1 aliphatic heterocycles. The number of aliphatic hydroxyl groups is 2. The first kappa shape index (κ1) is 15.8. The smallest absolute Gasteiger partial charge is 0.0990 e. The number of anilines is 1. The van der Waals surface area contributed by atoms with E-state index in [2.05, 4.69) is 53.3 Å². The number of hydrogen-bond acceptors (Lipinski definition) is 4. The fourth-order valence-corrected chi connectivity index (χ4v) is 3.23. The number of rotatable bonds is 5. The van der Waals surface area contributed by atoms with Crippen LogP contribution < -0.4 is 10.2 Å². The third kappa shape index (κ3) is 3.52. The van der Waals surface area contributed by atoms with Crippen LogP contribution >= 0.6 is 15.9 Å². The number of aliphatic hydroxyl groups excluding tert-OH is 2. The second-order valence-electron chi connectivity index (χ2n) is 5.42. The van der Waals surface area contributed by atoms with Crippen LogP contribution in [0.4, 0.5) is 5.69 Å². The van der Waals surface area contributed by atoms with E-state index in [0.29, 0.717) is 19.1 Å². The summed E-state index contributed by atoms with van der Waals surface area (Å²) in [6.45, 7) is 6.27. The van der Waals surface area contributed by atoms with Gasteiger partial charge in [-0.25, -0.2) is 0 Å². The van der Waals surface area contributed by atoms with E-state index >= 15 is 0 Å². The molecule has 0 aliphatic carbocycles. The lowest BCUT2D eigenvalue weighted by Gasteiger charge is -2.21. The van der Waals surface area contributed by atoms with Crippen molar-refractivity contribution in [3.8, 4) is 0 Å². The zero-order chi connectivity index (χ0) is 14.7. The van der Waals surface area contributed by atoms with Gasteiger partial charge in [0.25, 0.3) is 0 Å². The summed E-state index contributed by atoms with van der Waals surface area (Å²) in [6, 6.07) is 6.51. The Hall–Kier alpha value is -0.620. The predicted molar refractivity (Wildman–Crippen MR) is 85.1 cm³/mol. The highest BCUT2D eigenvalue weighted by molar-refractivity contribution is 9.10. The van der Waals surface area contributed by atoms with Gasteiger partial charge >= 0.3 is 0 Å². The van der Waals surface area contributed by atoms with E-state index in [1.807, 2.05) is 4.90 Å². The van der Waals surface area contributed by atoms with Crippen molar-refractivity contribution < 1.29 is 10.2 Å². The minimum Gasteiger partial charge on any atom is -0.389 e. The van der Waals surface area contributed by atoms with Crippen LogP contribution in [0.25, 0.3) is 0 Å². The van der Waals surface area contributed by atoms with E-state index in [1.54, 1.807) is 0 Å². The quantitative estimate of drug-likeness (QED) is 0.766. The topological polar surface area (TPSA) is 55.7 Å². The highest BCUT2D eigenvalue weighted by Gasteiger charge is 2.29. The summed E-state index contributed by atoms with van der Waals surface area (Å²) in [6.07, 6.45) is -0.193. The number of halogens is 1. The van der Waals surface area contributed by atoms with Gasteiger partial charge in [-0.05, 0) is 37.6 Å². The summed E-state index contributed by atoms with van der Waals surface area (Å²) >= 11 is 3.63. The highest BCUT2D eigenvalue weighted by Crippen LogP contribution is 2.30. The van der Waals surface area contributed by atoms with Crippen LogP contribution in [0.5, 0.6) is 0 Å². The molecule has 3 N–H and O–H groups in total. The van der Waals surface area contributed by atoms with Gasteiger partial charge in [0.15, 0.2) is 0 Å². The monoisotopic (exact) mass is 342 g/mol. The Kier molecular flexibility index (Phi) is 5.43. The Morgan fingerprint density at radius 1 is 1.35 bits per heavy atom. The fourth-order valence-electron chi connectivity index (χ4n) is 2.52. The first-order valence-electron chi connectivity index (χ1n) is 7.16. The summed E-state index contributed by atoms with van der Waals surface area (Å²) in [5.74, 6) is 0. The van der Waals surface area contributed by atoms with Crippen LogP contribution in [-0.4, -0.2) is 42.1 Å². The predicted octanol–water partition coefficient (Wildman–Crippen LogP) is 2.05. The van der Waals surface area contributed by atoms with Crippen molar-refractivity contribution in [2.75, 3.05) is 24.5 Å². The third-order valence-corrected chi connectivity index (χ3v) is 4.46. The lowest BCUT2D eigenvalue weighted by atomic mass is 10.1. The Balaban J connectivity index is 2.10. The molecule has 0 aromatic heterocycles. The van der Waals surface area contributed by atoms with Crippen molar-refractivity contribution in [2.45, 2.75) is 38.5 Å². The molecule has 0 radical (unpaired) electrons. The Labute approximate surface area is 128 Å². The first-order chi connectivity index (χ1) is 9.52. The highest BCUT2D eigenvalue weighted by atomic mass is 79.9. The zero-order valence-electron chi connectivity index (χ0n) is 12.0. The van der Waals surface area contributed by atoms with E-state index in [-0.39, 0.29) is 0 Å². The van der Waals surface area contributed by atoms with Crippen LogP contribution in [0.3, 0.4) is 0 Å². The SMILES string of the molecule is CCCNC(C)c1ccc(N2CC(O)C(O)C2)cc1Br. The molecule has 4 nitrogen and oxygen atoms in total. The van der Waals surface area contributed by atoms with Gasteiger partial charge in [-0.1, -0.05) is 28.9 Å². The van der Waals surface area contributed by atoms with E-state index in [1.165, 1.54) is 5.56 Å². The van der Waals surface area contributed by atoms with Gasteiger partial charge in [-0.3, -0.25) is 0 Å². The van der Waals surface area contributed by atoms with Gasteiger partial charge in [-0.15, -0.1) is 0 Å². The molecular weight excluding hydrogens is 320 g/mol. The molecule has 1 heterocycles. The summed E-state index contributed by atoms with van der Waals surface area (Å²) < 4.78 is 1.06. The molecule has 0 amide bonds. The van der Waals surface area contributed by atoms with Crippen molar-refractivity contribution in [3.05, 3.63) is 28.2 Å². The second-order valence-corrected chi connectivity index (χ2v) is 6.28. The summed E-state index contributed by atoms with van der Waals surface area (Å²) in [5, 5.41) is 22.7. The maximum atomic E-state index is 9.63. The summed E-state index contributed by atoms with van der Waals surface area (Å²) in [7, 11) is 0. The number of benzene rings is 1. The number of nitrogens with zero attached hydrogens (tertiary/aromatic N) is 1. The third-order valence-electron chi connectivity index (χ3n) is 3.78. The molecule has 3 unspecified atom stereocenters. The lowest BCUT2D eigenvalue weighted by Crippen LogP contribution is -2.22. The molecule has 112 valence electrons. The van der Waals surface area contributed by atoms with E-state index in [4.69, 9.17) is 0 Å². The summed E-state index contributed by atoms with van der Waals surface area (Å²) in [4.78, 5) is 2.01. The maximum Gasteiger partial charge on any atom is 0.0990 e. The maximum absolute atomic E-state index is 9.63. The van der Waals surface area contributed by atoms with Crippen molar-refractivity contribution in [2.24, 2.45) is 0 Å². The van der Waals surface area contributed by atoms with Crippen molar-refractivity contribution in [3.63, 3.8) is 0 Å². The molecule has 1 aliphatic rings. The average molecular weight is 343 g/mol. The van der Waals surface area contributed by atoms with Crippen LogP contribution in [0.15, 0.2) is 22.7 Å². The van der Waals surface area contributed by atoms with Crippen LogP contribution in [0.2, 0.25) is 0 Å². The van der Waals surface area contributed by atoms with Crippen molar-refractivity contribution >= 4 is 21.6 Å². The molecule has 20 heavy (non-hydrogen) atoms. The molecule has 1 fully saturated rings. The van der Waals surface area contributed by atoms with Crippen LogP contribution in [0.1, 0.15) is 31.9 Å². The number of β-amino-alcohol motifs (C(OH)–C–C–N with tert-alkyl or cyclic N) is 2. The van der Waals surface area contributed by atoms with Crippen molar-refractivity contribution in [1.82, 2.24) is 5.32 Å². The lowest BCUT2D eigenvalue weighted by molar-refractivity contribution is 0.0572. The largest absolute Gasteiger partial charge is 0.389 e. The molecule has 3 atom stereocenters. The molecule has 1 saturated heterocycles. The zero-order valence-corrected chi connectivity index (χ0v) is 13.6. The molecule has 2 rings (SSSR count). The van der Waals surface area contributed by atoms with Gasteiger partial charge < -0.3 is 20.4 Å². The number of nitrogens with one attached hydrogen (secondary N) is 1.